The van der Waals surface area contributed by atoms with E-state index < -0.39 is 9.39 Å². The summed E-state index contributed by atoms with van der Waals surface area (Å²) in [6.45, 7) is 0. The Morgan fingerprint density at radius 1 is 0.389 bits per heavy atom. The summed E-state index contributed by atoms with van der Waals surface area (Å²) >= 11 is 0. The molecule has 6 heteroatoms. The van der Waals surface area contributed by atoms with Gasteiger partial charge in [0.25, 0.3) is 0 Å². The van der Waals surface area contributed by atoms with Crippen LogP contribution >= 0.6 is 40.2 Å². The molecule has 0 saturated heterocycles. The zero-order valence-corrected chi connectivity index (χ0v) is 14.9. The van der Waals surface area contributed by atoms with Crippen LogP contribution in [0.1, 0.15) is 0 Å². The second-order valence-corrected chi connectivity index (χ2v) is 15.7. The molecule has 0 N–H and O–H groups in total. The summed E-state index contributed by atoms with van der Waals surface area (Å²) in [5.74, 6) is 0. The van der Waals surface area contributed by atoms with E-state index in [0.29, 0.717) is 0 Å². The van der Waals surface area contributed by atoms with Crippen molar-refractivity contribution in [3.63, 3.8) is 0 Å². The third-order valence-corrected chi connectivity index (χ3v) is 1.33. The van der Waals surface area contributed by atoms with Crippen LogP contribution in [0.4, 0.5) is 0 Å². The van der Waals surface area contributed by atoms with E-state index in [2.05, 4.69) is 0 Å². The van der Waals surface area contributed by atoms with Crippen LogP contribution in [0, 0.1) is 0 Å². The van der Waals surface area contributed by atoms with Gasteiger partial charge in [0, 0.05) is 17.4 Å². The normalized spacial score (nSPS) is 8.67. The quantitative estimate of drug-likeness (QED) is 0.513. The van der Waals surface area contributed by atoms with E-state index in [1.54, 1.807) is 0 Å². The van der Waals surface area contributed by atoms with Gasteiger partial charge in [-0.1, -0.05) is 72.8 Å². The Morgan fingerprint density at radius 3 is 0.500 bits per heavy atom. The maximum Gasteiger partial charge on any atom is 0.564 e. The Labute approximate surface area is 138 Å². The molecule has 0 nitrogen and oxygen atoms in total. The molecule has 0 saturated carbocycles. The molecule has 0 heterocycles. The number of rotatable bonds is 0. The first-order valence-electron chi connectivity index (χ1n) is 4.87. The van der Waals surface area contributed by atoms with E-state index in [1.807, 2.05) is 72.8 Å². The third kappa shape index (κ3) is 25.5. The summed E-state index contributed by atoms with van der Waals surface area (Å²) in [5.41, 5.74) is 0. The van der Waals surface area contributed by atoms with Gasteiger partial charge in [-0.05, 0) is 0 Å². The van der Waals surface area contributed by atoms with Gasteiger partial charge in [0.2, 0.25) is 0 Å². The molecule has 0 spiro atoms. The second-order valence-electron chi connectivity index (χ2n) is 2.80. The average molecular weight is 377 g/mol. The monoisotopic (exact) mass is 375 g/mol. The molecule has 2 aromatic rings. The molecule has 0 aromatic heterocycles. The maximum atomic E-state index is 4.99. The SMILES string of the molecule is [Cl][Al-]([Cl])([Cl])[Cl].[Cr].c1ccccc1.c1ccccc1. The van der Waals surface area contributed by atoms with Crippen LogP contribution in [0.25, 0.3) is 0 Å². The van der Waals surface area contributed by atoms with Crippen molar-refractivity contribution in [3.05, 3.63) is 72.8 Å². The summed E-state index contributed by atoms with van der Waals surface area (Å²) in [5, 5.41) is 0. The summed E-state index contributed by atoms with van der Waals surface area (Å²) in [4.78, 5) is 0. The van der Waals surface area contributed by atoms with Crippen molar-refractivity contribution in [1.82, 2.24) is 0 Å². The van der Waals surface area contributed by atoms with Crippen LogP contribution in [0.2, 0.25) is 0 Å². The molecule has 0 aliphatic carbocycles. The van der Waals surface area contributed by atoms with E-state index in [1.165, 1.54) is 0 Å². The molecule has 18 heavy (non-hydrogen) atoms. The molecule has 0 radical (unpaired) electrons. The number of hydrogen-bond donors (Lipinski definition) is 0. The molecule has 0 aliphatic rings. The summed E-state index contributed by atoms with van der Waals surface area (Å²) in [6.07, 6.45) is 0. The molecule has 98 valence electrons. The summed E-state index contributed by atoms with van der Waals surface area (Å²) in [7, 11) is 17.0. The summed E-state index contributed by atoms with van der Waals surface area (Å²) in [6, 6.07) is 24.0. The van der Waals surface area contributed by atoms with Crippen LogP contribution in [-0.4, -0.2) is 9.39 Å². The molecule has 0 atom stereocenters. The van der Waals surface area contributed by atoms with Gasteiger partial charge in [-0.15, -0.1) is 0 Å². The summed E-state index contributed by atoms with van der Waals surface area (Å²) < 4.78 is 0. The van der Waals surface area contributed by atoms with Crippen molar-refractivity contribution < 1.29 is 17.4 Å². The minimum absolute atomic E-state index is 0. The van der Waals surface area contributed by atoms with Crippen molar-refractivity contribution in [2.45, 2.75) is 0 Å². The average Bonchev–Trinajstić information content (AvgIpc) is 2.32. The van der Waals surface area contributed by atoms with E-state index in [9.17, 15) is 0 Å². The zero-order chi connectivity index (χ0) is 13.0. The van der Waals surface area contributed by atoms with Gasteiger partial charge in [-0.25, -0.2) is 0 Å². The van der Waals surface area contributed by atoms with E-state index in [-0.39, 0.29) is 17.4 Å². The van der Waals surface area contributed by atoms with Crippen molar-refractivity contribution in [2.24, 2.45) is 0 Å². The first-order chi connectivity index (χ1) is 8.00. The second kappa shape index (κ2) is 14.1. The Balaban J connectivity index is 0. The van der Waals surface area contributed by atoms with Gasteiger partial charge in [0.15, 0.2) is 0 Å². The predicted molar refractivity (Wildman–Crippen MR) is 82.1 cm³/mol. The predicted octanol–water partition coefficient (Wildman–Crippen LogP) is 5.75. The molecule has 0 fully saturated rings. The molecular weight excluding hydrogens is 365 g/mol. The van der Waals surface area contributed by atoms with Gasteiger partial charge in [-0.2, -0.15) is 0 Å². The molecular formula is C12H12AlCl4Cr-. The Bertz CT molecular complexity index is 263. The standard InChI is InChI=1S/2C6H6.Al.4ClH.Cr/c2*1-2-4-6-5-3-1;;;;;;/h2*1-6H;;4*1H;/q;;+3;;;;;/p-4. The Kier molecular flexibility index (Phi) is 16.4. The number of benzene rings is 2. The number of hydrogen-bond acceptors (Lipinski definition) is 0. The van der Waals surface area contributed by atoms with Gasteiger partial charge in [0.1, 0.15) is 0 Å². The van der Waals surface area contributed by atoms with Gasteiger partial charge >= 0.3 is 9.39 Å². The van der Waals surface area contributed by atoms with Gasteiger partial charge < -0.3 is 40.2 Å². The Hall–Kier alpha value is 0.665. The van der Waals surface area contributed by atoms with Crippen molar-refractivity contribution >= 4 is 49.6 Å². The molecule has 0 aliphatic heterocycles. The van der Waals surface area contributed by atoms with Crippen molar-refractivity contribution in [3.8, 4) is 0 Å². The largest absolute Gasteiger partial charge is 0.564 e. The smallest absolute Gasteiger partial charge is 0.391 e. The minimum Gasteiger partial charge on any atom is -0.391 e. The molecule has 0 unspecified atom stereocenters. The van der Waals surface area contributed by atoms with Gasteiger partial charge in [-0.3, -0.25) is 0 Å². The number of halogens is 4. The van der Waals surface area contributed by atoms with Crippen LogP contribution in [-0.2, 0) is 17.4 Å². The van der Waals surface area contributed by atoms with Crippen LogP contribution < -0.4 is 0 Å². The first kappa shape index (κ1) is 21.0. The Morgan fingerprint density at radius 2 is 0.444 bits per heavy atom. The fourth-order valence-corrected chi connectivity index (χ4v) is 0.770. The van der Waals surface area contributed by atoms with Crippen LogP contribution in [0.3, 0.4) is 0 Å². The zero-order valence-electron chi connectivity index (χ0n) is 9.43. The minimum atomic E-state index is -2.94. The van der Waals surface area contributed by atoms with Gasteiger partial charge in [0.05, 0.1) is 0 Å². The molecule has 2 aromatic carbocycles. The van der Waals surface area contributed by atoms with E-state index in [0.717, 1.165) is 0 Å². The molecule has 2 rings (SSSR count). The van der Waals surface area contributed by atoms with E-state index in [4.69, 9.17) is 40.2 Å². The topological polar surface area (TPSA) is 0 Å². The van der Waals surface area contributed by atoms with Crippen molar-refractivity contribution in [1.29, 1.82) is 0 Å². The fraction of sp³-hybridized carbons (Fsp3) is 0. The molecule has 0 amide bonds. The third-order valence-electron chi connectivity index (χ3n) is 1.33. The first-order valence-corrected chi connectivity index (χ1v) is 11.9. The van der Waals surface area contributed by atoms with Crippen LogP contribution in [0.5, 0.6) is 0 Å². The maximum absolute atomic E-state index is 4.99. The fourth-order valence-electron chi connectivity index (χ4n) is 0.770. The van der Waals surface area contributed by atoms with E-state index >= 15 is 0 Å². The van der Waals surface area contributed by atoms with Crippen molar-refractivity contribution in [2.75, 3.05) is 0 Å². The van der Waals surface area contributed by atoms with Crippen LogP contribution in [0.15, 0.2) is 72.8 Å². The molecule has 0 bridgehead atoms.